The Kier molecular flexibility index (Phi) is 7.88. The van der Waals surface area contributed by atoms with Gasteiger partial charge in [-0.25, -0.2) is 4.98 Å². The highest BCUT2D eigenvalue weighted by Gasteiger charge is 2.11. The Labute approximate surface area is 181 Å². The fourth-order valence-electron chi connectivity index (χ4n) is 2.77. The molecule has 1 heterocycles. The topological polar surface area (TPSA) is 67.6 Å². The van der Waals surface area contributed by atoms with Gasteiger partial charge in [0.15, 0.2) is 11.7 Å². The molecule has 0 saturated heterocycles. The van der Waals surface area contributed by atoms with Gasteiger partial charge < -0.3 is 19.4 Å². The zero-order valence-corrected chi connectivity index (χ0v) is 18.0. The lowest BCUT2D eigenvalue weighted by atomic mass is 10.2. The summed E-state index contributed by atoms with van der Waals surface area (Å²) in [5.74, 6) is 1.88. The summed E-state index contributed by atoms with van der Waals surface area (Å²) >= 11 is 6.18. The molecule has 1 amide bonds. The van der Waals surface area contributed by atoms with Crippen LogP contribution in [-0.4, -0.2) is 43.0 Å². The van der Waals surface area contributed by atoms with Crippen LogP contribution in [-0.2, 0) is 17.8 Å². The van der Waals surface area contributed by atoms with Gasteiger partial charge in [0.25, 0.3) is 0 Å². The van der Waals surface area contributed by atoms with Crippen molar-refractivity contribution in [3.8, 4) is 17.1 Å². The molecule has 0 aliphatic carbocycles. The van der Waals surface area contributed by atoms with Gasteiger partial charge in [-0.1, -0.05) is 35.9 Å². The van der Waals surface area contributed by atoms with Crippen LogP contribution in [0.25, 0.3) is 11.3 Å². The summed E-state index contributed by atoms with van der Waals surface area (Å²) in [6.07, 6.45) is 2.36. The number of hydrogen-bond acceptors (Lipinski definition) is 5. The Morgan fingerprint density at radius 3 is 2.67 bits per heavy atom. The van der Waals surface area contributed by atoms with Crippen molar-refractivity contribution in [1.82, 2.24) is 15.2 Å². The van der Waals surface area contributed by atoms with E-state index in [1.165, 1.54) is 0 Å². The van der Waals surface area contributed by atoms with E-state index in [2.05, 4.69) is 15.2 Å². The molecule has 0 unspecified atom stereocenters. The lowest BCUT2D eigenvalue weighted by Crippen LogP contribution is -2.23. The van der Waals surface area contributed by atoms with Gasteiger partial charge in [0.1, 0.15) is 12.4 Å². The summed E-state index contributed by atoms with van der Waals surface area (Å²) in [7, 11) is 4.02. The van der Waals surface area contributed by atoms with E-state index in [1.54, 1.807) is 12.3 Å². The molecule has 0 fully saturated rings. The van der Waals surface area contributed by atoms with E-state index in [0.717, 1.165) is 23.4 Å². The van der Waals surface area contributed by atoms with Crippen molar-refractivity contribution in [3.63, 3.8) is 0 Å². The van der Waals surface area contributed by atoms with Gasteiger partial charge in [0, 0.05) is 31.5 Å². The van der Waals surface area contributed by atoms with Gasteiger partial charge >= 0.3 is 0 Å². The van der Waals surface area contributed by atoms with Crippen molar-refractivity contribution in [2.45, 2.75) is 19.4 Å². The maximum Gasteiger partial charge on any atom is 0.220 e. The molecule has 158 valence electrons. The smallest absolute Gasteiger partial charge is 0.220 e. The molecule has 0 aliphatic rings. The Hall–Kier alpha value is -2.83. The number of rotatable bonds is 10. The molecule has 1 aromatic heterocycles. The van der Waals surface area contributed by atoms with Crippen molar-refractivity contribution < 1.29 is 13.9 Å². The van der Waals surface area contributed by atoms with Crippen LogP contribution in [0.1, 0.15) is 17.9 Å². The van der Waals surface area contributed by atoms with E-state index in [1.807, 2.05) is 56.6 Å². The van der Waals surface area contributed by atoms with E-state index in [4.69, 9.17) is 20.8 Å². The van der Waals surface area contributed by atoms with E-state index in [9.17, 15) is 4.79 Å². The van der Waals surface area contributed by atoms with Crippen LogP contribution in [0.5, 0.6) is 5.75 Å². The highest BCUT2D eigenvalue weighted by molar-refractivity contribution is 6.33. The average Bonchev–Trinajstić information content (AvgIpc) is 3.20. The summed E-state index contributed by atoms with van der Waals surface area (Å²) < 4.78 is 11.4. The highest BCUT2D eigenvalue weighted by Crippen LogP contribution is 2.28. The summed E-state index contributed by atoms with van der Waals surface area (Å²) in [6, 6.07) is 15.2. The van der Waals surface area contributed by atoms with Gasteiger partial charge in [0.05, 0.1) is 11.2 Å². The predicted molar refractivity (Wildman–Crippen MR) is 118 cm³/mol. The molecule has 2 aromatic carbocycles. The quantitative estimate of drug-likeness (QED) is 0.525. The van der Waals surface area contributed by atoms with Crippen LogP contribution < -0.4 is 10.1 Å². The van der Waals surface area contributed by atoms with Crippen LogP contribution in [0.15, 0.2) is 59.1 Å². The molecule has 0 saturated carbocycles. The van der Waals surface area contributed by atoms with Crippen molar-refractivity contribution in [3.05, 3.63) is 71.2 Å². The molecule has 0 atom stereocenters. The minimum Gasteiger partial charge on any atom is -0.492 e. The van der Waals surface area contributed by atoms with E-state index in [0.29, 0.717) is 42.7 Å². The number of carbonyl (C=O) groups excluding carboxylic acids is 1. The first-order valence-electron chi connectivity index (χ1n) is 9.84. The summed E-state index contributed by atoms with van der Waals surface area (Å²) in [5, 5.41) is 3.52. The van der Waals surface area contributed by atoms with Gasteiger partial charge in [0.2, 0.25) is 5.91 Å². The van der Waals surface area contributed by atoms with E-state index >= 15 is 0 Å². The van der Waals surface area contributed by atoms with Gasteiger partial charge in [-0.2, -0.15) is 0 Å². The lowest BCUT2D eigenvalue weighted by molar-refractivity contribution is -0.121. The minimum atomic E-state index is -0.0567. The molecule has 0 bridgehead atoms. The molecular weight excluding hydrogens is 402 g/mol. The van der Waals surface area contributed by atoms with Gasteiger partial charge in [-0.05, 0) is 43.9 Å². The molecule has 3 aromatic rings. The molecule has 30 heavy (non-hydrogen) atoms. The second kappa shape index (κ2) is 10.8. The number of ether oxygens (including phenoxy) is 1. The first-order chi connectivity index (χ1) is 14.5. The second-order valence-electron chi connectivity index (χ2n) is 7.17. The fraction of sp³-hybridized carbons (Fsp3) is 0.304. The highest BCUT2D eigenvalue weighted by atomic mass is 35.5. The third-order valence-electron chi connectivity index (χ3n) is 4.48. The Balaban J connectivity index is 1.42. The molecule has 1 N–H and O–H groups in total. The molecule has 7 heteroatoms. The summed E-state index contributed by atoms with van der Waals surface area (Å²) in [5.41, 5.74) is 1.80. The number of carbonyl (C=O) groups is 1. The van der Waals surface area contributed by atoms with E-state index < -0.39 is 0 Å². The second-order valence-corrected chi connectivity index (χ2v) is 7.58. The maximum atomic E-state index is 12.2. The number of likely N-dealkylation sites (N-methyl/N-ethyl adjacent to an activating group) is 1. The van der Waals surface area contributed by atoms with Crippen LogP contribution in [0.3, 0.4) is 0 Å². The van der Waals surface area contributed by atoms with E-state index in [-0.39, 0.29) is 5.91 Å². The number of aromatic nitrogens is 1. The van der Waals surface area contributed by atoms with Crippen LogP contribution in [0.4, 0.5) is 0 Å². The minimum absolute atomic E-state index is 0.0567. The number of halogens is 1. The zero-order valence-electron chi connectivity index (χ0n) is 17.2. The third kappa shape index (κ3) is 6.61. The van der Waals surface area contributed by atoms with Crippen molar-refractivity contribution in [2.24, 2.45) is 0 Å². The number of nitrogens with zero attached hydrogens (tertiary/aromatic N) is 2. The zero-order chi connectivity index (χ0) is 21.3. The molecule has 0 aliphatic heterocycles. The number of oxazole rings is 1. The molecule has 0 radical (unpaired) electrons. The number of hydrogen-bond donors (Lipinski definition) is 1. The van der Waals surface area contributed by atoms with Crippen molar-refractivity contribution >= 4 is 17.5 Å². The predicted octanol–water partition coefficient (Wildman–Crippen LogP) is 4.18. The van der Waals surface area contributed by atoms with Crippen LogP contribution in [0, 0.1) is 0 Å². The standard InChI is InChI=1S/C23H26ClN3O3/c1-27(2)13-14-29-18-9-7-17(8-10-18)15-25-22(28)11-12-23-26-16-21(30-23)19-5-3-4-6-20(19)24/h3-10,16H,11-15H2,1-2H3,(H,25,28). The SMILES string of the molecule is CN(C)CCOc1ccc(CNC(=O)CCc2ncc(-c3ccccc3Cl)o2)cc1. The molecule has 3 rings (SSSR count). The lowest BCUT2D eigenvalue weighted by Gasteiger charge is -2.11. The molecule has 0 spiro atoms. The first kappa shape index (κ1) is 21.9. The Morgan fingerprint density at radius 1 is 1.17 bits per heavy atom. The third-order valence-corrected chi connectivity index (χ3v) is 4.81. The number of aryl methyl sites for hydroxylation is 1. The Morgan fingerprint density at radius 2 is 1.93 bits per heavy atom. The van der Waals surface area contributed by atoms with Crippen LogP contribution >= 0.6 is 11.6 Å². The summed E-state index contributed by atoms with van der Waals surface area (Å²) in [6.45, 7) is 1.97. The normalized spacial score (nSPS) is 10.9. The molecule has 6 nitrogen and oxygen atoms in total. The first-order valence-corrected chi connectivity index (χ1v) is 10.2. The number of nitrogens with one attached hydrogen (secondary N) is 1. The summed E-state index contributed by atoms with van der Waals surface area (Å²) in [4.78, 5) is 18.5. The average molecular weight is 428 g/mol. The van der Waals surface area contributed by atoms with Crippen molar-refractivity contribution in [1.29, 1.82) is 0 Å². The Bertz CT molecular complexity index is 954. The number of benzene rings is 2. The van der Waals surface area contributed by atoms with Crippen molar-refractivity contribution in [2.75, 3.05) is 27.2 Å². The fourth-order valence-corrected chi connectivity index (χ4v) is 3.00. The maximum absolute atomic E-state index is 12.2. The van der Waals surface area contributed by atoms with Gasteiger partial charge in [-0.3, -0.25) is 4.79 Å². The van der Waals surface area contributed by atoms with Gasteiger partial charge in [-0.15, -0.1) is 0 Å². The molecular formula is C23H26ClN3O3. The monoisotopic (exact) mass is 427 g/mol. The largest absolute Gasteiger partial charge is 0.492 e. The number of amides is 1. The van der Waals surface area contributed by atoms with Crippen LogP contribution in [0.2, 0.25) is 5.02 Å².